The van der Waals surface area contributed by atoms with Crippen LogP contribution < -0.4 is 4.90 Å². The van der Waals surface area contributed by atoms with Gasteiger partial charge in [0.2, 0.25) is 5.91 Å². The summed E-state index contributed by atoms with van der Waals surface area (Å²) in [6.45, 7) is 11.2. The molecule has 1 aromatic carbocycles. The van der Waals surface area contributed by atoms with E-state index in [-0.39, 0.29) is 18.0 Å². The van der Waals surface area contributed by atoms with E-state index in [0.29, 0.717) is 19.6 Å². The number of piperazine rings is 1. The molecule has 0 aromatic heterocycles. The summed E-state index contributed by atoms with van der Waals surface area (Å²) in [5.74, 6) is 0.0576. The molecule has 1 aromatic rings. The smallest absolute Gasteiger partial charge is 0.410 e. The van der Waals surface area contributed by atoms with Crippen molar-refractivity contribution in [1.82, 2.24) is 9.80 Å². The molecule has 2 heterocycles. The minimum absolute atomic E-state index is 0.0576. The van der Waals surface area contributed by atoms with E-state index in [9.17, 15) is 9.59 Å². The van der Waals surface area contributed by atoms with Gasteiger partial charge >= 0.3 is 6.09 Å². The fraction of sp³-hybridized carbons (Fsp3) is 0.619. The van der Waals surface area contributed by atoms with Crippen molar-refractivity contribution in [2.75, 3.05) is 37.6 Å². The Balaban J connectivity index is 1.59. The van der Waals surface area contributed by atoms with Crippen LogP contribution in [0, 0.1) is 6.92 Å². The van der Waals surface area contributed by atoms with Crippen molar-refractivity contribution in [3.63, 3.8) is 0 Å². The van der Waals surface area contributed by atoms with Gasteiger partial charge in [-0.2, -0.15) is 0 Å². The zero-order valence-corrected chi connectivity index (χ0v) is 16.9. The molecule has 2 saturated heterocycles. The molecule has 0 aliphatic carbocycles. The van der Waals surface area contributed by atoms with Crippen molar-refractivity contribution in [1.29, 1.82) is 0 Å². The Morgan fingerprint density at radius 2 is 1.78 bits per heavy atom. The topological polar surface area (TPSA) is 53.1 Å². The van der Waals surface area contributed by atoms with Gasteiger partial charge in [0.25, 0.3) is 0 Å². The monoisotopic (exact) mass is 373 g/mol. The standard InChI is InChI=1S/C21H31N3O3/c1-16-7-5-8-17(15-16)22-11-13-23(14-12-22)19(25)18-9-6-10-24(18)20(26)27-21(2,3)4/h5,7-8,15,18H,6,9-14H2,1-4H3/t18-/m0/s1. The van der Waals surface area contributed by atoms with Crippen molar-refractivity contribution in [3.05, 3.63) is 29.8 Å². The Labute approximate surface area is 162 Å². The lowest BCUT2D eigenvalue weighted by Gasteiger charge is -2.38. The molecule has 6 nitrogen and oxygen atoms in total. The van der Waals surface area contributed by atoms with Crippen molar-refractivity contribution < 1.29 is 14.3 Å². The highest BCUT2D eigenvalue weighted by atomic mass is 16.6. The quantitative estimate of drug-likeness (QED) is 0.800. The molecule has 2 fully saturated rings. The molecule has 0 saturated carbocycles. The maximum absolute atomic E-state index is 13.0. The van der Waals surface area contributed by atoms with Crippen LogP contribution in [0.3, 0.4) is 0 Å². The molecule has 6 heteroatoms. The van der Waals surface area contributed by atoms with Gasteiger partial charge < -0.3 is 14.5 Å². The fourth-order valence-electron chi connectivity index (χ4n) is 3.78. The Hall–Kier alpha value is -2.24. The summed E-state index contributed by atoms with van der Waals surface area (Å²) in [4.78, 5) is 31.3. The van der Waals surface area contributed by atoms with Crippen LogP contribution in [0.25, 0.3) is 0 Å². The van der Waals surface area contributed by atoms with E-state index in [1.165, 1.54) is 11.3 Å². The number of nitrogens with zero attached hydrogens (tertiary/aromatic N) is 3. The number of carbonyl (C=O) groups is 2. The summed E-state index contributed by atoms with van der Waals surface area (Å²) in [7, 11) is 0. The first-order valence-electron chi connectivity index (χ1n) is 9.84. The van der Waals surface area contributed by atoms with Crippen LogP contribution in [0.1, 0.15) is 39.2 Å². The minimum Gasteiger partial charge on any atom is -0.444 e. The third-order valence-corrected chi connectivity index (χ3v) is 5.12. The summed E-state index contributed by atoms with van der Waals surface area (Å²) in [6.07, 6.45) is 1.19. The van der Waals surface area contributed by atoms with Gasteiger partial charge in [-0.3, -0.25) is 9.69 Å². The molecule has 0 unspecified atom stereocenters. The fourth-order valence-corrected chi connectivity index (χ4v) is 3.78. The second-order valence-corrected chi connectivity index (χ2v) is 8.48. The van der Waals surface area contributed by atoms with Gasteiger partial charge in [0.1, 0.15) is 11.6 Å². The number of likely N-dealkylation sites (tertiary alicyclic amines) is 1. The molecule has 2 amide bonds. The van der Waals surface area contributed by atoms with E-state index >= 15 is 0 Å². The lowest BCUT2D eigenvalue weighted by Crippen LogP contribution is -2.54. The number of hydrogen-bond donors (Lipinski definition) is 0. The molecule has 2 aliphatic heterocycles. The number of ether oxygens (including phenoxy) is 1. The van der Waals surface area contributed by atoms with Crippen LogP contribution in [-0.4, -0.2) is 66.2 Å². The Bertz CT molecular complexity index is 690. The maximum atomic E-state index is 13.0. The maximum Gasteiger partial charge on any atom is 0.410 e. The molecule has 148 valence electrons. The minimum atomic E-state index is -0.549. The zero-order valence-electron chi connectivity index (χ0n) is 16.9. The zero-order chi connectivity index (χ0) is 19.6. The summed E-state index contributed by atoms with van der Waals surface area (Å²) < 4.78 is 5.48. The van der Waals surface area contributed by atoms with Crippen LogP contribution in [0.5, 0.6) is 0 Å². The molecule has 1 atom stereocenters. The SMILES string of the molecule is Cc1cccc(N2CCN(C(=O)[C@@H]3CCCN3C(=O)OC(C)(C)C)CC2)c1. The number of benzene rings is 1. The van der Waals surface area contributed by atoms with E-state index in [0.717, 1.165) is 25.9 Å². The van der Waals surface area contributed by atoms with Gasteiger partial charge in [-0.15, -0.1) is 0 Å². The number of aryl methyl sites for hydroxylation is 1. The third-order valence-electron chi connectivity index (χ3n) is 5.12. The molecular formula is C21H31N3O3. The van der Waals surface area contributed by atoms with Crippen molar-refractivity contribution in [2.24, 2.45) is 0 Å². The number of carbonyl (C=O) groups excluding carboxylic acids is 2. The highest BCUT2D eigenvalue weighted by Crippen LogP contribution is 2.24. The lowest BCUT2D eigenvalue weighted by atomic mass is 10.1. The Morgan fingerprint density at radius 3 is 2.41 bits per heavy atom. The molecule has 3 rings (SSSR count). The van der Waals surface area contributed by atoms with Crippen molar-refractivity contribution >= 4 is 17.7 Å². The summed E-state index contributed by atoms with van der Waals surface area (Å²) in [6, 6.07) is 8.07. The first-order valence-corrected chi connectivity index (χ1v) is 9.84. The van der Waals surface area contributed by atoms with E-state index in [2.05, 4.69) is 36.1 Å². The molecule has 0 N–H and O–H groups in total. The van der Waals surface area contributed by atoms with Gasteiger partial charge in [-0.1, -0.05) is 12.1 Å². The van der Waals surface area contributed by atoms with Gasteiger partial charge in [0, 0.05) is 38.4 Å². The number of amides is 2. The van der Waals surface area contributed by atoms with Crippen LogP contribution in [-0.2, 0) is 9.53 Å². The van der Waals surface area contributed by atoms with E-state index < -0.39 is 5.60 Å². The van der Waals surface area contributed by atoms with Gasteiger partial charge in [-0.05, 0) is 58.2 Å². The highest BCUT2D eigenvalue weighted by Gasteiger charge is 2.39. The summed E-state index contributed by atoms with van der Waals surface area (Å²) in [5, 5.41) is 0. The molecule has 2 aliphatic rings. The van der Waals surface area contributed by atoms with E-state index in [1.54, 1.807) is 4.90 Å². The first kappa shape index (κ1) is 19.5. The number of anilines is 1. The Kier molecular flexibility index (Phi) is 5.63. The van der Waals surface area contributed by atoms with Gasteiger partial charge in [0.05, 0.1) is 0 Å². The average Bonchev–Trinajstić information content (AvgIpc) is 3.10. The predicted molar refractivity (Wildman–Crippen MR) is 106 cm³/mol. The van der Waals surface area contributed by atoms with Crippen LogP contribution >= 0.6 is 0 Å². The molecule has 0 radical (unpaired) electrons. The highest BCUT2D eigenvalue weighted by molar-refractivity contribution is 5.86. The average molecular weight is 373 g/mol. The summed E-state index contributed by atoms with van der Waals surface area (Å²) in [5.41, 5.74) is 1.90. The Morgan fingerprint density at radius 1 is 1.07 bits per heavy atom. The molecule has 27 heavy (non-hydrogen) atoms. The number of rotatable bonds is 2. The van der Waals surface area contributed by atoms with Crippen LogP contribution in [0.15, 0.2) is 24.3 Å². The second-order valence-electron chi connectivity index (χ2n) is 8.48. The molecular weight excluding hydrogens is 342 g/mol. The predicted octanol–water partition coefficient (Wildman–Crippen LogP) is 3.04. The lowest BCUT2D eigenvalue weighted by molar-refractivity contribution is -0.136. The van der Waals surface area contributed by atoms with E-state index in [4.69, 9.17) is 4.74 Å². The second kappa shape index (κ2) is 7.79. The van der Waals surface area contributed by atoms with Gasteiger partial charge in [-0.25, -0.2) is 4.79 Å². The normalized spacial score (nSPS) is 20.7. The van der Waals surface area contributed by atoms with Crippen molar-refractivity contribution in [2.45, 2.75) is 52.2 Å². The van der Waals surface area contributed by atoms with Crippen molar-refractivity contribution in [3.8, 4) is 0 Å². The summed E-state index contributed by atoms with van der Waals surface area (Å²) >= 11 is 0. The van der Waals surface area contributed by atoms with Crippen LogP contribution in [0.2, 0.25) is 0 Å². The third kappa shape index (κ3) is 4.73. The molecule has 0 bridgehead atoms. The van der Waals surface area contributed by atoms with E-state index in [1.807, 2.05) is 25.7 Å². The first-order chi connectivity index (χ1) is 12.7. The largest absolute Gasteiger partial charge is 0.444 e. The molecule has 0 spiro atoms. The van der Waals surface area contributed by atoms with Crippen LogP contribution in [0.4, 0.5) is 10.5 Å². The van der Waals surface area contributed by atoms with Gasteiger partial charge in [0.15, 0.2) is 0 Å². The number of hydrogen-bond acceptors (Lipinski definition) is 4.